The van der Waals surface area contributed by atoms with Crippen molar-refractivity contribution in [2.45, 2.75) is 79.5 Å². The number of fused-ring (bicyclic) bond motifs is 9. The highest BCUT2D eigenvalue weighted by Gasteiger charge is 2.26. The first-order valence-electron chi connectivity index (χ1n) is 14.7. The van der Waals surface area contributed by atoms with Crippen LogP contribution in [0.5, 0.6) is 5.75 Å². The fraction of sp³-hybridized carbons (Fsp3) is 0.455. The van der Waals surface area contributed by atoms with E-state index < -0.39 is 0 Å². The Kier molecular flexibility index (Phi) is 8.51. The molecule has 0 aliphatic heterocycles. The van der Waals surface area contributed by atoms with Crippen LogP contribution in [0.3, 0.4) is 0 Å². The summed E-state index contributed by atoms with van der Waals surface area (Å²) < 4.78 is 16.0. The van der Waals surface area contributed by atoms with Crippen molar-refractivity contribution in [1.82, 2.24) is 9.13 Å². The van der Waals surface area contributed by atoms with Crippen LogP contribution in [0.25, 0.3) is 53.0 Å². The smallest absolute Gasteiger partial charge is 0.130 e. The molecule has 0 fully saturated rings. The Bertz CT molecular complexity index is 1890. The van der Waals surface area contributed by atoms with Crippen LogP contribution in [0.15, 0.2) is 31.8 Å². The maximum atomic E-state index is 10.8. The number of aliphatic hydroxyl groups excluding tert-OH is 1. The van der Waals surface area contributed by atoms with E-state index in [9.17, 15) is 5.11 Å². The number of aromatic nitrogens is 2. The molecule has 1 unspecified atom stereocenters. The van der Waals surface area contributed by atoms with E-state index in [0.29, 0.717) is 11.8 Å². The maximum absolute atomic E-state index is 10.8. The molecule has 6 aromatic rings. The summed E-state index contributed by atoms with van der Waals surface area (Å²) in [5.74, 6) is 1.95. The van der Waals surface area contributed by atoms with Gasteiger partial charge in [0.2, 0.25) is 0 Å². The van der Waals surface area contributed by atoms with Gasteiger partial charge in [0.05, 0.1) is 58.1 Å². The summed E-state index contributed by atoms with van der Waals surface area (Å²) in [7, 11) is 1.80. The fourth-order valence-corrected chi connectivity index (χ4v) is 9.94. The highest BCUT2D eigenvalue weighted by atomic mass is 79.9. The van der Waals surface area contributed by atoms with Crippen LogP contribution in [0.2, 0.25) is 0 Å². The lowest BCUT2D eigenvalue weighted by atomic mass is 9.99. The van der Waals surface area contributed by atoms with E-state index in [4.69, 9.17) is 4.74 Å². The molecule has 1 N–H and O–H groups in total. The number of benzene rings is 2. The summed E-state index contributed by atoms with van der Waals surface area (Å²) in [5.41, 5.74) is 5.92. The van der Waals surface area contributed by atoms with Crippen molar-refractivity contribution in [2.24, 2.45) is 11.8 Å². The molecule has 2 aromatic carbocycles. The zero-order chi connectivity index (χ0) is 29.0. The van der Waals surface area contributed by atoms with Gasteiger partial charge in [0.25, 0.3) is 0 Å². The molecule has 0 radical (unpaired) electrons. The first-order chi connectivity index (χ1) is 19.8. The van der Waals surface area contributed by atoms with Gasteiger partial charge < -0.3 is 19.0 Å². The van der Waals surface area contributed by atoms with Crippen molar-refractivity contribution in [3.63, 3.8) is 0 Å². The normalized spacial score (nSPS) is 13.3. The Balaban J connectivity index is 1.71. The molecular formula is C33H38Br2N2O2S2. The summed E-state index contributed by atoms with van der Waals surface area (Å²) >= 11 is 11.1. The second-order valence-electron chi connectivity index (χ2n) is 11.9. The summed E-state index contributed by atoms with van der Waals surface area (Å²) in [6, 6.07) is 9.02. The second kappa shape index (κ2) is 11.8. The van der Waals surface area contributed by atoms with Gasteiger partial charge in [-0.05, 0) is 79.9 Å². The molecule has 4 heterocycles. The standard InChI is InChI=1S/C33H38Br2N2O2S2/c1-6-7-8-9-10-19(4)16-37-24-14-27(35)41-33(24)29-25(39-5)12-22-21(31(29)37)11-20(17-38)28-30(22)36(15-18(2)3)23-13-26(34)40-32(23)28/h11-14,18-19,38H,6-10,15-17H2,1-5H3. The number of unbranched alkanes of at least 4 members (excludes halogenated alkanes) is 3. The Morgan fingerprint density at radius 2 is 1.44 bits per heavy atom. The lowest BCUT2D eigenvalue weighted by Crippen LogP contribution is -2.08. The van der Waals surface area contributed by atoms with Gasteiger partial charge in [-0.25, -0.2) is 0 Å². The number of ether oxygens (including phenoxy) is 1. The Hall–Kier alpha value is -1.58. The molecule has 218 valence electrons. The Labute approximate surface area is 266 Å². The minimum atomic E-state index is 0.00469. The number of thiophene rings is 2. The van der Waals surface area contributed by atoms with Crippen LogP contribution in [-0.2, 0) is 19.7 Å². The molecule has 0 saturated heterocycles. The first kappa shape index (κ1) is 29.5. The molecular weight excluding hydrogens is 680 g/mol. The molecule has 41 heavy (non-hydrogen) atoms. The molecule has 4 nitrogen and oxygen atoms in total. The summed E-state index contributed by atoms with van der Waals surface area (Å²) in [6.45, 7) is 11.1. The molecule has 6 rings (SSSR count). The van der Waals surface area contributed by atoms with E-state index in [0.717, 1.165) is 32.0 Å². The van der Waals surface area contributed by atoms with E-state index in [1.54, 1.807) is 29.8 Å². The van der Waals surface area contributed by atoms with Gasteiger partial charge in [0.15, 0.2) is 0 Å². The monoisotopic (exact) mass is 716 g/mol. The van der Waals surface area contributed by atoms with Gasteiger partial charge in [-0.3, -0.25) is 0 Å². The maximum Gasteiger partial charge on any atom is 0.130 e. The Morgan fingerprint density at radius 1 is 0.829 bits per heavy atom. The molecule has 0 amide bonds. The van der Waals surface area contributed by atoms with Crippen molar-refractivity contribution in [3.8, 4) is 5.75 Å². The lowest BCUT2D eigenvalue weighted by Gasteiger charge is -2.18. The first-order valence-corrected chi connectivity index (χ1v) is 17.9. The van der Waals surface area contributed by atoms with Crippen molar-refractivity contribution in [1.29, 1.82) is 0 Å². The second-order valence-corrected chi connectivity index (χ2v) is 16.8. The lowest BCUT2D eigenvalue weighted by molar-refractivity contribution is 0.283. The van der Waals surface area contributed by atoms with E-state index in [1.165, 1.54) is 85.1 Å². The van der Waals surface area contributed by atoms with Crippen molar-refractivity contribution in [2.75, 3.05) is 7.11 Å². The molecule has 4 aromatic heterocycles. The van der Waals surface area contributed by atoms with Crippen LogP contribution >= 0.6 is 54.5 Å². The molecule has 0 saturated carbocycles. The van der Waals surface area contributed by atoms with Crippen LogP contribution in [-0.4, -0.2) is 21.4 Å². The van der Waals surface area contributed by atoms with E-state index in [-0.39, 0.29) is 6.61 Å². The molecule has 0 aliphatic carbocycles. The third kappa shape index (κ3) is 5.05. The number of methoxy groups -OCH3 is 1. The average Bonchev–Trinajstić information content (AvgIpc) is 3.65. The minimum Gasteiger partial charge on any atom is -0.496 e. The predicted octanol–water partition coefficient (Wildman–Crippen LogP) is 11.5. The minimum absolute atomic E-state index is 0.00469. The Morgan fingerprint density at radius 3 is 2.05 bits per heavy atom. The summed E-state index contributed by atoms with van der Waals surface area (Å²) in [4.78, 5) is 0. The third-order valence-corrected chi connectivity index (χ3v) is 11.6. The topological polar surface area (TPSA) is 39.3 Å². The highest BCUT2D eigenvalue weighted by molar-refractivity contribution is 9.11. The van der Waals surface area contributed by atoms with Gasteiger partial charge in [-0.2, -0.15) is 0 Å². The number of aliphatic hydroxyl groups is 1. The van der Waals surface area contributed by atoms with Gasteiger partial charge in [0.1, 0.15) is 5.75 Å². The number of halogens is 2. The van der Waals surface area contributed by atoms with E-state index in [1.807, 2.05) is 0 Å². The quantitative estimate of drug-likeness (QED) is 0.136. The predicted molar refractivity (Wildman–Crippen MR) is 186 cm³/mol. The van der Waals surface area contributed by atoms with E-state index in [2.05, 4.69) is 93.0 Å². The third-order valence-electron chi connectivity index (χ3n) is 8.36. The zero-order valence-corrected chi connectivity index (χ0v) is 29.2. The number of hydrogen-bond donors (Lipinski definition) is 1. The van der Waals surface area contributed by atoms with Crippen molar-refractivity contribution >= 4 is 108 Å². The molecule has 0 bridgehead atoms. The molecule has 0 spiro atoms. The van der Waals surface area contributed by atoms with Crippen LogP contribution in [0.1, 0.15) is 65.4 Å². The van der Waals surface area contributed by atoms with Crippen LogP contribution < -0.4 is 4.74 Å². The largest absolute Gasteiger partial charge is 0.496 e. The van der Waals surface area contributed by atoms with Crippen molar-refractivity contribution in [3.05, 3.63) is 37.4 Å². The van der Waals surface area contributed by atoms with Gasteiger partial charge in [-0.1, -0.05) is 53.4 Å². The van der Waals surface area contributed by atoms with Gasteiger partial charge >= 0.3 is 0 Å². The summed E-state index contributed by atoms with van der Waals surface area (Å²) in [5, 5.41) is 15.5. The van der Waals surface area contributed by atoms with Crippen LogP contribution in [0.4, 0.5) is 0 Å². The average molecular weight is 719 g/mol. The van der Waals surface area contributed by atoms with Gasteiger partial charge in [-0.15, -0.1) is 22.7 Å². The number of nitrogens with zero attached hydrogens (tertiary/aromatic N) is 2. The molecule has 1 atom stereocenters. The fourth-order valence-electron chi connectivity index (χ4n) is 6.63. The SMILES string of the molecule is CCCCCCC(C)Cn1c2cc(Br)sc2c2c(OC)cc3c(cc(CO)c4c5sc(Br)cc5n(CC(C)C)c34)c21. The van der Waals surface area contributed by atoms with Crippen molar-refractivity contribution < 1.29 is 9.84 Å². The summed E-state index contributed by atoms with van der Waals surface area (Å²) in [6.07, 6.45) is 6.39. The van der Waals surface area contributed by atoms with Crippen LogP contribution in [0, 0.1) is 11.8 Å². The number of rotatable bonds is 11. The molecule has 8 heteroatoms. The molecule has 0 aliphatic rings. The zero-order valence-electron chi connectivity index (χ0n) is 24.4. The van der Waals surface area contributed by atoms with E-state index >= 15 is 0 Å². The highest BCUT2D eigenvalue weighted by Crippen LogP contribution is 2.49. The number of hydrogen-bond acceptors (Lipinski definition) is 4. The van der Waals surface area contributed by atoms with Gasteiger partial charge in [0, 0.05) is 29.2 Å².